The van der Waals surface area contributed by atoms with Crippen LogP contribution in [0.2, 0.25) is 0 Å². The van der Waals surface area contributed by atoms with Crippen LogP contribution in [0.3, 0.4) is 0 Å². The molecule has 0 unspecified atom stereocenters. The minimum absolute atomic E-state index is 0. The molecule has 1 aromatic carbocycles. The number of ether oxygens (including phenoxy) is 2. The van der Waals surface area contributed by atoms with E-state index >= 15 is 0 Å². The second-order valence-corrected chi connectivity index (χ2v) is 5.17. The smallest absolute Gasteiger partial charge is 0.191 e. The summed E-state index contributed by atoms with van der Waals surface area (Å²) in [5.41, 5.74) is 1.06. The summed E-state index contributed by atoms with van der Waals surface area (Å²) in [4.78, 5) is 4.26. The predicted molar refractivity (Wildman–Crippen MR) is 107 cm³/mol. The van der Waals surface area contributed by atoms with Crippen molar-refractivity contribution in [1.82, 2.24) is 10.6 Å². The standard InChI is InChI=1S/C17H29N3O2.HI/c1-6-13(7-2)11-19-17(18-3)20-12-14-8-9-15(21-4)10-16(14)22-5;/h8-10,13H,6-7,11-12H2,1-5H3,(H2,18,19,20);1H. The number of rotatable bonds is 8. The van der Waals surface area contributed by atoms with Gasteiger partial charge in [0.1, 0.15) is 11.5 Å². The molecule has 0 amide bonds. The zero-order valence-electron chi connectivity index (χ0n) is 14.8. The highest BCUT2D eigenvalue weighted by molar-refractivity contribution is 14.0. The van der Waals surface area contributed by atoms with Crippen molar-refractivity contribution in [2.24, 2.45) is 10.9 Å². The molecule has 0 aliphatic carbocycles. The molecule has 0 aromatic heterocycles. The van der Waals surface area contributed by atoms with E-state index in [-0.39, 0.29) is 24.0 Å². The summed E-state index contributed by atoms with van der Waals surface area (Å²) in [7, 11) is 5.10. The van der Waals surface area contributed by atoms with E-state index in [4.69, 9.17) is 9.47 Å². The molecule has 6 heteroatoms. The molecule has 0 saturated heterocycles. The second-order valence-electron chi connectivity index (χ2n) is 5.17. The molecule has 132 valence electrons. The van der Waals surface area contributed by atoms with Gasteiger partial charge in [-0.2, -0.15) is 0 Å². The molecule has 23 heavy (non-hydrogen) atoms. The first-order valence-corrected chi connectivity index (χ1v) is 7.83. The molecular formula is C17H30IN3O2. The number of guanidine groups is 1. The van der Waals surface area contributed by atoms with Crippen molar-refractivity contribution in [2.45, 2.75) is 33.2 Å². The van der Waals surface area contributed by atoms with E-state index in [2.05, 4.69) is 29.5 Å². The van der Waals surface area contributed by atoms with Crippen molar-refractivity contribution in [2.75, 3.05) is 27.8 Å². The molecule has 0 atom stereocenters. The number of halogens is 1. The number of nitrogens with zero attached hydrogens (tertiary/aromatic N) is 1. The van der Waals surface area contributed by atoms with Crippen molar-refractivity contribution in [1.29, 1.82) is 0 Å². The maximum absolute atomic E-state index is 5.41. The first kappa shape index (κ1) is 21.8. The van der Waals surface area contributed by atoms with E-state index in [1.165, 1.54) is 12.8 Å². The normalized spacial score (nSPS) is 11.0. The molecule has 2 N–H and O–H groups in total. The quantitative estimate of drug-likeness (QED) is 0.373. The Hall–Kier alpha value is -1.18. The number of hydrogen-bond donors (Lipinski definition) is 2. The molecular weight excluding hydrogens is 405 g/mol. The van der Waals surface area contributed by atoms with Gasteiger partial charge in [-0.15, -0.1) is 24.0 Å². The highest BCUT2D eigenvalue weighted by Gasteiger charge is 2.08. The minimum Gasteiger partial charge on any atom is -0.497 e. The average Bonchev–Trinajstić information content (AvgIpc) is 2.58. The Morgan fingerprint density at radius 2 is 1.83 bits per heavy atom. The summed E-state index contributed by atoms with van der Waals surface area (Å²) in [6, 6.07) is 5.82. The molecule has 0 fully saturated rings. The molecule has 0 aliphatic rings. The lowest BCUT2D eigenvalue weighted by atomic mass is 10.0. The number of benzene rings is 1. The SMILES string of the molecule is CCC(CC)CNC(=NC)NCc1ccc(OC)cc1OC.I. The van der Waals surface area contributed by atoms with Crippen LogP contribution in [0.15, 0.2) is 23.2 Å². The molecule has 0 bridgehead atoms. The Morgan fingerprint density at radius 3 is 2.35 bits per heavy atom. The van der Waals surface area contributed by atoms with Gasteiger partial charge in [-0.05, 0) is 18.1 Å². The summed E-state index contributed by atoms with van der Waals surface area (Å²) < 4.78 is 10.6. The van der Waals surface area contributed by atoms with Crippen LogP contribution < -0.4 is 20.1 Å². The van der Waals surface area contributed by atoms with Crippen LogP contribution in [-0.4, -0.2) is 33.8 Å². The third-order valence-corrected chi connectivity index (χ3v) is 3.88. The van der Waals surface area contributed by atoms with E-state index in [9.17, 15) is 0 Å². The molecule has 0 aliphatic heterocycles. The van der Waals surface area contributed by atoms with Crippen LogP contribution in [-0.2, 0) is 6.54 Å². The van der Waals surface area contributed by atoms with Crippen LogP contribution in [0, 0.1) is 5.92 Å². The van der Waals surface area contributed by atoms with E-state index < -0.39 is 0 Å². The maximum atomic E-state index is 5.41. The van der Waals surface area contributed by atoms with Gasteiger partial charge in [-0.3, -0.25) is 4.99 Å². The topological polar surface area (TPSA) is 54.9 Å². The highest BCUT2D eigenvalue weighted by Crippen LogP contribution is 2.24. The van der Waals surface area contributed by atoms with Crippen molar-refractivity contribution < 1.29 is 9.47 Å². The van der Waals surface area contributed by atoms with Gasteiger partial charge in [0.25, 0.3) is 0 Å². The van der Waals surface area contributed by atoms with Crippen LogP contribution in [0.25, 0.3) is 0 Å². The molecule has 0 saturated carbocycles. The first-order chi connectivity index (χ1) is 10.7. The fraction of sp³-hybridized carbons (Fsp3) is 0.588. The fourth-order valence-electron chi connectivity index (χ4n) is 2.22. The predicted octanol–water partition coefficient (Wildman–Crippen LogP) is 3.42. The third kappa shape index (κ3) is 7.28. The van der Waals surface area contributed by atoms with Gasteiger partial charge in [0, 0.05) is 31.8 Å². The average molecular weight is 435 g/mol. The zero-order valence-corrected chi connectivity index (χ0v) is 17.1. The minimum atomic E-state index is 0. The third-order valence-electron chi connectivity index (χ3n) is 3.88. The Morgan fingerprint density at radius 1 is 1.13 bits per heavy atom. The van der Waals surface area contributed by atoms with E-state index in [1.54, 1.807) is 21.3 Å². The number of hydrogen-bond acceptors (Lipinski definition) is 3. The number of methoxy groups -OCH3 is 2. The fourth-order valence-corrected chi connectivity index (χ4v) is 2.22. The van der Waals surface area contributed by atoms with E-state index in [0.717, 1.165) is 29.6 Å². The number of aliphatic imine (C=N–C) groups is 1. The van der Waals surface area contributed by atoms with Crippen LogP contribution >= 0.6 is 24.0 Å². The Balaban J connectivity index is 0.00000484. The van der Waals surface area contributed by atoms with Crippen molar-refractivity contribution in [3.63, 3.8) is 0 Å². The van der Waals surface area contributed by atoms with E-state index in [0.29, 0.717) is 12.5 Å². The van der Waals surface area contributed by atoms with Gasteiger partial charge in [0.05, 0.1) is 14.2 Å². The van der Waals surface area contributed by atoms with Gasteiger partial charge in [0.15, 0.2) is 5.96 Å². The lowest BCUT2D eigenvalue weighted by Gasteiger charge is -2.17. The summed E-state index contributed by atoms with van der Waals surface area (Å²) in [5, 5.41) is 6.69. The van der Waals surface area contributed by atoms with E-state index in [1.807, 2.05) is 18.2 Å². The van der Waals surface area contributed by atoms with Gasteiger partial charge in [-0.1, -0.05) is 26.7 Å². The molecule has 0 heterocycles. The molecule has 1 aromatic rings. The van der Waals surface area contributed by atoms with Crippen LogP contribution in [0.1, 0.15) is 32.3 Å². The highest BCUT2D eigenvalue weighted by atomic mass is 127. The van der Waals surface area contributed by atoms with Crippen LogP contribution in [0.5, 0.6) is 11.5 Å². The molecule has 0 radical (unpaired) electrons. The summed E-state index contributed by atoms with van der Waals surface area (Å²) in [6.45, 7) is 6.02. The first-order valence-electron chi connectivity index (χ1n) is 7.83. The Labute approximate surface area is 157 Å². The van der Waals surface area contributed by atoms with Gasteiger partial charge in [0.2, 0.25) is 0 Å². The molecule has 1 rings (SSSR count). The Bertz CT molecular complexity index is 477. The van der Waals surface area contributed by atoms with Gasteiger partial charge >= 0.3 is 0 Å². The van der Waals surface area contributed by atoms with Gasteiger partial charge < -0.3 is 20.1 Å². The monoisotopic (exact) mass is 435 g/mol. The lowest BCUT2D eigenvalue weighted by Crippen LogP contribution is -2.39. The second kappa shape index (κ2) is 12.3. The molecule has 0 spiro atoms. The lowest BCUT2D eigenvalue weighted by molar-refractivity contribution is 0.390. The molecule has 5 nitrogen and oxygen atoms in total. The van der Waals surface area contributed by atoms with Crippen molar-refractivity contribution >= 4 is 29.9 Å². The summed E-state index contributed by atoms with van der Waals surface area (Å²) in [6.07, 6.45) is 2.35. The van der Waals surface area contributed by atoms with Crippen LogP contribution in [0.4, 0.5) is 0 Å². The summed E-state index contributed by atoms with van der Waals surface area (Å²) >= 11 is 0. The zero-order chi connectivity index (χ0) is 16.4. The van der Waals surface area contributed by atoms with Gasteiger partial charge in [-0.25, -0.2) is 0 Å². The number of nitrogens with one attached hydrogen (secondary N) is 2. The Kier molecular flexibility index (Phi) is 11.6. The van der Waals surface area contributed by atoms with Crippen molar-refractivity contribution in [3.8, 4) is 11.5 Å². The van der Waals surface area contributed by atoms with Crippen molar-refractivity contribution in [3.05, 3.63) is 23.8 Å². The maximum Gasteiger partial charge on any atom is 0.191 e. The largest absolute Gasteiger partial charge is 0.497 e. The summed E-state index contributed by atoms with van der Waals surface area (Å²) in [5.74, 6) is 3.08.